The standard InChI is InChI=1S/C11H16N2O5/c1-13(7-8-3-2-6-18-8)11(17)12-9(14)4-5-10(15)16/h4-5,8H,2-3,6-7H2,1H3,(H,15,16)(H,12,14,17). The van der Waals surface area contributed by atoms with Crippen molar-refractivity contribution in [3.8, 4) is 0 Å². The van der Waals surface area contributed by atoms with Crippen LogP contribution >= 0.6 is 0 Å². The van der Waals surface area contributed by atoms with Crippen LogP contribution in [-0.4, -0.2) is 54.2 Å². The molecule has 1 heterocycles. The SMILES string of the molecule is CN(CC1CCCO1)C(=O)NC(=O)C=CC(=O)O. The topological polar surface area (TPSA) is 95.9 Å². The van der Waals surface area contributed by atoms with Crippen LogP contribution in [0.5, 0.6) is 0 Å². The van der Waals surface area contributed by atoms with Crippen LogP contribution < -0.4 is 5.32 Å². The minimum absolute atomic E-state index is 0.00501. The van der Waals surface area contributed by atoms with Crippen LogP contribution in [0.1, 0.15) is 12.8 Å². The Morgan fingerprint density at radius 3 is 2.72 bits per heavy atom. The first-order chi connectivity index (χ1) is 8.49. The van der Waals surface area contributed by atoms with Crippen LogP contribution in [0, 0.1) is 0 Å². The molecule has 0 aromatic rings. The molecule has 1 saturated heterocycles. The third-order valence-corrected chi connectivity index (χ3v) is 2.46. The lowest BCUT2D eigenvalue weighted by molar-refractivity contribution is -0.131. The van der Waals surface area contributed by atoms with Gasteiger partial charge in [-0.15, -0.1) is 0 Å². The van der Waals surface area contributed by atoms with Gasteiger partial charge < -0.3 is 14.7 Å². The number of aliphatic carboxylic acids is 1. The summed E-state index contributed by atoms with van der Waals surface area (Å²) in [5.74, 6) is -2.01. The Morgan fingerprint density at radius 1 is 1.44 bits per heavy atom. The molecule has 1 unspecified atom stereocenters. The van der Waals surface area contributed by atoms with Gasteiger partial charge in [0.15, 0.2) is 0 Å². The minimum Gasteiger partial charge on any atom is -0.478 e. The smallest absolute Gasteiger partial charge is 0.328 e. The molecular formula is C11H16N2O5. The summed E-state index contributed by atoms with van der Waals surface area (Å²) >= 11 is 0. The Labute approximate surface area is 104 Å². The van der Waals surface area contributed by atoms with Gasteiger partial charge in [-0.3, -0.25) is 10.1 Å². The number of nitrogens with zero attached hydrogens (tertiary/aromatic N) is 1. The molecule has 2 N–H and O–H groups in total. The molecule has 1 aliphatic rings. The molecule has 7 heteroatoms. The van der Waals surface area contributed by atoms with Crippen molar-refractivity contribution < 1.29 is 24.2 Å². The monoisotopic (exact) mass is 256 g/mol. The normalized spacial score (nSPS) is 18.8. The van der Waals surface area contributed by atoms with Crippen molar-refractivity contribution in [3.05, 3.63) is 12.2 Å². The second-order valence-corrected chi connectivity index (χ2v) is 3.98. The van der Waals surface area contributed by atoms with Gasteiger partial charge in [-0.2, -0.15) is 0 Å². The van der Waals surface area contributed by atoms with E-state index in [9.17, 15) is 14.4 Å². The highest BCUT2D eigenvalue weighted by Crippen LogP contribution is 2.12. The van der Waals surface area contributed by atoms with E-state index < -0.39 is 17.9 Å². The number of hydrogen-bond acceptors (Lipinski definition) is 4. The van der Waals surface area contributed by atoms with Gasteiger partial charge in [0.2, 0.25) is 0 Å². The predicted molar refractivity (Wildman–Crippen MR) is 61.9 cm³/mol. The Morgan fingerprint density at radius 2 is 2.17 bits per heavy atom. The zero-order chi connectivity index (χ0) is 13.5. The van der Waals surface area contributed by atoms with Gasteiger partial charge in [0, 0.05) is 32.4 Å². The van der Waals surface area contributed by atoms with E-state index in [-0.39, 0.29) is 6.10 Å². The summed E-state index contributed by atoms with van der Waals surface area (Å²) in [5, 5.41) is 10.4. The lowest BCUT2D eigenvalue weighted by atomic mass is 10.2. The van der Waals surface area contributed by atoms with Crippen LogP contribution in [0.3, 0.4) is 0 Å². The molecule has 18 heavy (non-hydrogen) atoms. The maximum Gasteiger partial charge on any atom is 0.328 e. The molecule has 3 amide bonds. The number of carbonyl (C=O) groups is 3. The molecule has 0 aliphatic carbocycles. The lowest BCUT2D eigenvalue weighted by Gasteiger charge is -2.20. The van der Waals surface area contributed by atoms with Crippen molar-refractivity contribution in [2.24, 2.45) is 0 Å². The molecule has 1 rings (SSSR count). The maximum atomic E-state index is 11.5. The van der Waals surface area contributed by atoms with Crippen molar-refractivity contribution in [1.29, 1.82) is 0 Å². The fourth-order valence-corrected chi connectivity index (χ4v) is 1.57. The van der Waals surface area contributed by atoms with Crippen molar-refractivity contribution in [2.75, 3.05) is 20.2 Å². The average molecular weight is 256 g/mol. The molecule has 1 atom stereocenters. The zero-order valence-electron chi connectivity index (χ0n) is 10.1. The minimum atomic E-state index is -1.25. The number of urea groups is 1. The summed E-state index contributed by atoms with van der Waals surface area (Å²) in [6.07, 6.45) is 3.33. The number of rotatable bonds is 4. The predicted octanol–water partition coefficient (Wildman–Crippen LogP) is -0.0258. The number of carboxylic acid groups (broad SMARTS) is 1. The number of likely N-dealkylation sites (N-methyl/N-ethyl adjacent to an activating group) is 1. The molecule has 0 bridgehead atoms. The van der Waals surface area contributed by atoms with Crippen molar-refractivity contribution in [1.82, 2.24) is 10.2 Å². The number of carbonyl (C=O) groups excluding carboxylic acids is 2. The largest absolute Gasteiger partial charge is 0.478 e. The first-order valence-electron chi connectivity index (χ1n) is 5.57. The number of hydrogen-bond donors (Lipinski definition) is 2. The van der Waals surface area contributed by atoms with E-state index in [4.69, 9.17) is 9.84 Å². The Kier molecular flexibility index (Phi) is 5.31. The van der Waals surface area contributed by atoms with Crippen LogP contribution in [0.2, 0.25) is 0 Å². The summed E-state index contributed by atoms with van der Waals surface area (Å²) in [7, 11) is 1.55. The van der Waals surface area contributed by atoms with Gasteiger partial charge in [-0.25, -0.2) is 9.59 Å². The molecule has 0 radical (unpaired) electrons. The Bertz CT molecular complexity index is 360. The highest BCUT2D eigenvalue weighted by atomic mass is 16.5. The summed E-state index contributed by atoms with van der Waals surface area (Å²) in [6.45, 7) is 1.10. The van der Waals surface area contributed by atoms with Crippen LogP contribution in [-0.2, 0) is 14.3 Å². The Balaban J connectivity index is 2.34. The van der Waals surface area contributed by atoms with E-state index >= 15 is 0 Å². The van der Waals surface area contributed by atoms with Crippen molar-refractivity contribution in [3.63, 3.8) is 0 Å². The van der Waals surface area contributed by atoms with Crippen LogP contribution in [0.4, 0.5) is 4.79 Å². The highest BCUT2D eigenvalue weighted by Gasteiger charge is 2.20. The number of ether oxygens (including phenoxy) is 1. The third-order valence-electron chi connectivity index (χ3n) is 2.46. The lowest BCUT2D eigenvalue weighted by Crippen LogP contribution is -2.43. The summed E-state index contributed by atoms with van der Waals surface area (Å²) < 4.78 is 5.36. The zero-order valence-corrected chi connectivity index (χ0v) is 10.1. The number of amides is 3. The number of imide groups is 1. The first kappa shape index (κ1) is 14.2. The fraction of sp³-hybridized carbons (Fsp3) is 0.545. The molecule has 1 aliphatic heterocycles. The average Bonchev–Trinajstić information content (AvgIpc) is 2.79. The van der Waals surface area contributed by atoms with Crippen LogP contribution in [0.25, 0.3) is 0 Å². The van der Waals surface area contributed by atoms with Gasteiger partial charge in [0.05, 0.1) is 6.10 Å². The molecule has 1 fully saturated rings. The van der Waals surface area contributed by atoms with Gasteiger partial charge >= 0.3 is 12.0 Å². The molecule has 0 saturated carbocycles. The first-order valence-corrected chi connectivity index (χ1v) is 5.57. The van der Waals surface area contributed by atoms with E-state index in [1.54, 1.807) is 7.05 Å². The van der Waals surface area contributed by atoms with Gasteiger partial charge in [-0.05, 0) is 12.8 Å². The number of nitrogens with one attached hydrogen (secondary N) is 1. The quantitative estimate of drug-likeness (QED) is 0.689. The van der Waals surface area contributed by atoms with E-state index in [1.807, 2.05) is 0 Å². The third kappa shape index (κ3) is 4.96. The molecule has 7 nitrogen and oxygen atoms in total. The van der Waals surface area contributed by atoms with E-state index in [0.29, 0.717) is 19.2 Å². The summed E-state index contributed by atoms with van der Waals surface area (Å²) in [5.41, 5.74) is 0. The molecule has 0 aromatic heterocycles. The molecular weight excluding hydrogens is 240 g/mol. The van der Waals surface area contributed by atoms with Crippen LogP contribution in [0.15, 0.2) is 12.2 Å². The molecule has 0 spiro atoms. The second kappa shape index (κ2) is 6.75. The van der Waals surface area contributed by atoms with Gasteiger partial charge in [0.25, 0.3) is 5.91 Å². The fourth-order valence-electron chi connectivity index (χ4n) is 1.57. The highest BCUT2D eigenvalue weighted by molar-refractivity contribution is 6.02. The summed E-state index contributed by atoms with van der Waals surface area (Å²) in [4.78, 5) is 34.2. The van der Waals surface area contributed by atoms with E-state index in [0.717, 1.165) is 18.9 Å². The van der Waals surface area contributed by atoms with Crippen molar-refractivity contribution >= 4 is 17.9 Å². The second-order valence-electron chi connectivity index (χ2n) is 3.98. The van der Waals surface area contributed by atoms with E-state index in [1.165, 1.54) is 4.90 Å². The van der Waals surface area contributed by atoms with Gasteiger partial charge in [-0.1, -0.05) is 0 Å². The van der Waals surface area contributed by atoms with Crippen molar-refractivity contribution in [2.45, 2.75) is 18.9 Å². The molecule has 100 valence electrons. The van der Waals surface area contributed by atoms with E-state index in [2.05, 4.69) is 5.32 Å². The number of carboxylic acids is 1. The van der Waals surface area contributed by atoms with Gasteiger partial charge in [0.1, 0.15) is 0 Å². The molecule has 0 aromatic carbocycles. The summed E-state index contributed by atoms with van der Waals surface area (Å²) in [6, 6.07) is -0.578. The maximum absolute atomic E-state index is 11.5. The Hall–Kier alpha value is -1.89.